The number of hydrogen-bond donors (Lipinski definition) is 2. The summed E-state index contributed by atoms with van der Waals surface area (Å²) in [5.41, 5.74) is -1.63. The molecule has 0 unspecified atom stereocenters. The number of hydrogen-bond acceptors (Lipinski definition) is 4. The van der Waals surface area contributed by atoms with Gasteiger partial charge in [-0.15, -0.1) is 0 Å². The van der Waals surface area contributed by atoms with E-state index < -0.39 is 46.7 Å². The Morgan fingerprint density at radius 1 is 1.38 bits per heavy atom. The highest BCUT2D eigenvalue weighted by Crippen LogP contribution is 2.58. The zero-order valence-electron chi connectivity index (χ0n) is 13.1. The van der Waals surface area contributed by atoms with Crippen LogP contribution in [0.25, 0.3) is 0 Å². The van der Waals surface area contributed by atoms with Gasteiger partial charge in [0.25, 0.3) is 0 Å². The van der Waals surface area contributed by atoms with Gasteiger partial charge in [-0.3, -0.25) is 9.59 Å². The Balaban J connectivity index is 1.85. The maximum atomic E-state index is 12.8. The first-order chi connectivity index (χ1) is 11.1. The van der Waals surface area contributed by atoms with Gasteiger partial charge in [0.15, 0.2) is 0 Å². The van der Waals surface area contributed by atoms with Crippen LogP contribution < -0.4 is 10.1 Å². The number of ether oxygens (including phenoxy) is 1. The summed E-state index contributed by atoms with van der Waals surface area (Å²) in [5, 5.41) is 11.5. The van der Waals surface area contributed by atoms with E-state index in [1.807, 2.05) is 0 Å². The summed E-state index contributed by atoms with van der Waals surface area (Å²) >= 11 is 0. The lowest BCUT2D eigenvalue weighted by Gasteiger charge is -2.12. The number of pyridine rings is 1. The van der Waals surface area contributed by atoms with Gasteiger partial charge in [0.05, 0.1) is 18.4 Å². The zero-order valence-corrected chi connectivity index (χ0v) is 13.1. The number of amides is 1. The van der Waals surface area contributed by atoms with E-state index in [2.05, 4.69) is 10.3 Å². The second-order valence-electron chi connectivity index (χ2n) is 6.11. The van der Waals surface area contributed by atoms with Gasteiger partial charge in [0.2, 0.25) is 11.8 Å². The van der Waals surface area contributed by atoms with Crippen molar-refractivity contribution in [2.24, 2.45) is 17.3 Å². The predicted octanol–water partition coefficient (Wildman–Crippen LogP) is 1.95. The number of carbonyl (C=O) groups excluding carboxylic acids is 1. The van der Waals surface area contributed by atoms with Crippen LogP contribution in [0.5, 0.6) is 5.88 Å². The molecule has 6 nitrogen and oxygen atoms in total. The normalized spacial score (nSPS) is 21.9. The molecule has 1 heterocycles. The Hall–Kier alpha value is -2.32. The summed E-state index contributed by atoms with van der Waals surface area (Å²) in [7, 11) is 0. The molecule has 0 radical (unpaired) electrons. The van der Waals surface area contributed by atoms with Crippen molar-refractivity contribution in [3.05, 3.63) is 23.9 Å². The van der Waals surface area contributed by atoms with Crippen molar-refractivity contribution in [2.45, 2.75) is 20.0 Å². The quantitative estimate of drug-likeness (QED) is 0.769. The van der Waals surface area contributed by atoms with E-state index in [-0.39, 0.29) is 13.2 Å². The highest BCUT2D eigenvalue weighted by molar-refractivity contribution is 5.91. The third kappa shape index (κ3) is 3.60. The number of aliphatic carboxylic acids is 1. The lowest BCUT2D eigenvalue weighted by molar-refractivity contribution is -0.140. The van der Waals surface area contributed by atoms with Crippen LogP contribution in [0.1, 0.15) is 19.4 Å². The topological polar surface area (TPSA) is 88.5 Å². The van der Waals surface area contributed by atoms with Crippen LogP contribution in [-0.4, -0.2) is 35.1 Å². The molecule has 2 atom stereocenters. The molecule has 1 aliphatic carbocycles. The molecule has 0 aromatic carbocycles. The number of alkyl halides is 3. The minimum absolute atomic E-state index is 0.0500. The van der Waals surface area contributed by atoms with Gasteiger partial charge in [-0.05, 0) is 17.5 Å². The third-order valence-electron chi connectivity index (χ3n) is 4.09. The number of nitrogens with zero attached hydrogens (tertiary/aromatic N) is 1. The van der Waals surface area contributed by atoms with E-state index >= 15 is 0 Å². The Labute approximate surface area is 136 Å². The first-order valence-electron chi connectivity index (χ1n) is 7.22. The lowest BCUT2D eigenvalue weighted by atomic mass is 10.1. The van der Waals surface area contributed by atoms with Gasteiger partial charge in [-0.2, -0.15) is 13.2 Å². The van der Waals surface area contributed by atoms with Gasteiger partial charge in [-0.1, -0.05) is 13.8 Å². The van der Waals surface area contributed by atoms with Crippen molar-refractivity contribution in [1.29, 1.82) is 0 Å². The zero-order chi connectivity index (χ0) is 18.1. The highest BCUT2D eigenvalue weighted by Gasteiger charge is 2.65. The summed E-state index contributed by atoms with van der Waals surface area (Å²) in [6.07, 6.45) is -3.41. The maximum Gasteiger partial charge on any atom is 0.421 e. The molecule has 1 aromatic heterocycles. The number of aromatic nitrogens is 1. The van der Waals surface area contributed by atoms with E-state index in [0.717, 1.165) is 12.1 Å². The fourth-order valence-corrected chi connectivity index (χ4v) is 2.74. The van der Waals surface area contributed by atoms with Gasteiger partial charge in [-0.25, -0.2) is 4.98 Å². The Morgan fingerprint density at radius 3 is 2.58 bits per heavy atom. The Kier molecular flexibility index (Phi) is 4.73. The number of carboxylic acids is 1. The summed E-state index contributed by atoms with van der Waals surface area (Å²) < 4.78 is 43.3. The van der Waals surface area contributed by atoms with Crippen LogP contribution in [0, 0.1) is 17.3 Å². The largest absolute Gasteiger partial charge is 0.481 e. The molecule has 2 rings (SSSR count). The average molecular weight is 346 g/mol. The fraction of sp³-hybridized carbons (Fsp3) is 0.533. The van der Waals surface area contributed by atoms with Crippen molar-refractivity contribution in [3.8, 4) is 5.88 Å². The molecule has 24 heavy (non-hydrogen) atoms. The summed E-state index contributed by atoms with van der Waals surface area (Å²) in [6, 6.07) is 2.00. The van der Waals surface area contributed by atoms with Crippen molar-refractivity contribution in [2.75, 3.05) is 13.2 Å². The molecule has 1 saturated carbocycles. The SMILES string of the molecule is CC1(C)[C@H](C(=O)O)[C@@H]1C(=O)NCCOc1ncccc1C(F)(F)F. The Morgan fingerprint density at radius 2 is 2.04 bits per heavy atom. The fourth-order valence-electron chi connectivity index (χ4n) is 2.74. The second kappa shape index (κ2) is 6.29. The summed E-state index contributed by atoms with van der Waals surface area (Å²) in [6.45, 7) is 3.09. The molecule has 0 spiro atoms. The molecular weight excluding hydrogens is 329 g/mol. The van der Waals surface area contributed by atoms with Crippen LogP contribution in [0.3, 0.4) is 0 Å². The minimum Gasteiger partial charge on any atom is -0.481 e. The maximum absolute atomic E-state index is 12.8. The van der Waals surface area contributed by atoms with Crippen LogP contribution in [0.15, 0.2) is 18.3 Å². The molecular formula is C15H17F3N2O4. The van der Waals surface area contributed by atoms with E-state index in [0.29, 0.717) is 0 Å². The van der Waals surface area contributed by atoms with Crippen molar-refractivity contribution >= 4 is 11.9 Å². The smallest absolute Gasteiger partial charge is 0.421 e. The first kappa shape index (κ1) is 18.0. The molecule has 2 N–H and O–H groups in total. The molecule has 1 aromatic rings. The van der Waals surface area contributed by atoms with E-state index in [9.17, 15) is 22.8 Å². The van der Waals surface area contributed by atoms with Gasteiger partial charge < -0.3 is 15.2 Å². The third-order valence-corrected chi connectivity index (χ3v) is 4.09. The van der Waals surface area contributed by atoms with Crippen molar-refractivity contribution < 1.29 is 32.6 Å². The molecule has 0 aliphatic heterocycles. The molecule has 0 saturated heterocycles. The number of rotatable bonds is 6. The van der Waals surface area contributed by atoms with Crippen molar-refractivity contribution in [3.63, 3.8) is 0 Å². The molecule has 1 fully saturated rings. The van der Waals surface area contributed by atoms with Gasteiger partial charge in [0.1, 0.15) is 12.2 Å². The van der Waals surface area contributed by atoms with Crippen LogP contribution in [0.2, 0.25) is 0 Å². The lowest BCUT2D eigenvalue weighted by Crippen LogP contribution is -2.31. The second-order valence-corrected chi connectivity index (χ2v) is 6.11. The molecule has 0 bridgehead atoms. The van der Waals surface area contributed by atoms with Crippen molar-refractivity contribution in [1.82, 2.24) is 10.3 Å². The van der Waals surface area contributed by atoms with E-state index in [4.69, 9.17) is 9.84 Å². The predicted molar refractivity (Wildman–Crippen MR) is 76.1 cm³/mol. The minimum atomic E-state index is -4.58. The van der Waals surface area contributed by atoms with Crippen LogP contribution in [-0.2, 0) is 15.8 Å². The number of carbonyl (C=O) groups is 2. The summed E-state index contributed by atoms with van der Waals surface area (Å²) in [4.78, 5) is 26.5. The number of carboxylic acid groups (broad SMARTS) is 1. The standard InChI is InChI=1S/C15H17F3N2O4/c1-14(2)9(10(14)13(22)23)11(21)19-6-7-24-12-8(15(16,17)18)4-3-5-20-12/h3-5,9-10H,6-7H2,1-2H3,(H,19,21)(H,22,23)/t9-,10+/m1/s1. The van der Waals surface area contributed by atoms with Crippen LogP contribution >= 0.6 is 0 Å². The monoisotopic (exact) mass is 346 g/mol. The Bertz CT molecular complexity index is 646. The molecule has 132 valence electrons. The summed E-state index contributed by atoms with van der Waals surface area (Å²) in [5.74, 6) is -3.47. The van der Waals surface area contributed by atoms with Crippen LogP contribution in [0.4, 0.5) is 13.2 Å². The number of nitrogens with one attached hydrogen (secondary N) is 1. The molecule has 1 amide bonds. The molecule has 9 heteroatoms. The number of halogens is 3. The van der Waals surface area contributed by atoms with Gasteiger partial charge >= 0.3 is 12.1 Å². The van der Waals surface area contributed by atoms with Gasteiger partial charge in [0, 0.05) is 6.20 Å². The van der Waals surface area contributed by atoms with E-state index in [1.165, 1.54) is 6.20 Å². The van der Waals surface area contributed by atoms with E-state index in [1.54, 1.807) is 13.8 Å². The first-order valence-corrected chi connectivity index (χ1v) is 7.22. The highest BCUT2D eigenvalue weighted by atomic mass is 19.4. The molecule has 1 aliphatic rings. The average Bonchev–Trinajstić information content (AvgIpc) is 3.06.